The number of carboxylic acid groups (broad SMARTS) is 2. The van der Waals surface area contributed by atoms with Crippen LogP contribution >= 0.6 is 0 Å². The van der Waals surface area contributed by atoms with E-state index < -0.39 is 358 Å². The number of carbonyl (C=O) groups is 6. The van der Waals surface area contributed by atoms with Crippen molar-refractivity contribution in [1.82, 2.24) is 21.3 Å². The highest BCUT2D eigenvalue weighted by Gasteiger charge is 2.62. The first kappa shape index (κ1) is 95.4. The van der Waals surface area contributed by atoms with E-state index in [2.05, 4.69) is 21.3 Å². The Morgan fingerprint density at radius 2 is 0.726 bits per heavy atom. The summed E-state index contributed by atoms with van der Waals surface area (Å²) in [5.41, 5.74) is 0. The number of aliphatic carboxylic acids is 2. The number of hydrogen-bond donors (Lipinski definition) is 31. The predicted molar refractivity (Wildman–Crippen MR) is 347 cm³/mol. The van der Waals surface area contributed by atoms with Crippen LogP contribution in [0.3, 0.4) is 0 Å². The van der Waals surface area contributed by atoms with Crippen LogP contribution in [0.5, 0.6) is 0 Å². The van der Waals surface area contributed by atoms with Crippen molar-refractivity contribution in [3.05, 3.63) is 0 Å². The molecule has 0 saturated carbocycles. The fourth-order valence-electron chi connectivity index (χ4n) is 13.8. The van der Waals surface area contributed by atoms with Crippen molar-refractivity contribution < 1.29 is 233 Å². The second-order valence-electron chi connectivity index (χ2n) is 28.0. The summed E-state index contributed by atoms with van der Waals surface area (Å²) in [6.07, 6.45) is -79.3. The second kappa shape index (κ2) is 41.3. The maximum absolute atomic E-state index is 13.0. The number of carboxylic acids is 2. The van der Waals surface area contributed by atoms with Gasteiger partial charge in [-0.05, 0) is 0 Å². The lowest BCUT2D eigenvalue weighted by atomic mass is 9.88. The molecule has 0 bridgehead atoms. The van der Waals surface area contributed by atoms with Crippen LogP contribution in [-0.4, -0.2) is 483 Å². The van der Waals surface area contributed by atoms with Gasteiger partial charge in [0, 0.05) is 40.5 Å². The molecule has 0 aliphatic carbocycles. The van der Waals surface area contributed by atoms with Crippen molar-refractivity contribution in [2.75, 3.05) is 59.5 Å². The van der Waals surface area contributed by atoms with E-state index in [4.69, 9.17) is 66.3 Å². The maximum Gasteiger partial charge on any atom is 0.364 e. The normalized spacial score (nSPS) is 42.6. The van der Waals surface area contributed by atoms with Crippen molar-refractivity contribution in [2.45, 2.75) is 291 Å². The Balaban J connectivity index is 1.13. The smallest absolute Gasteiger partial charge is 0.364 e. The number of hydrogen-bond acceptors (Lipinski definition) is 45. The highest BCUT2D eigenvalue weighted by atomic mass is 16.8. The molecule has 0 aromatic rings. The number of aliphatic hydroxyl groups is 25. The highest BCUT2D eigenvalue weighted by Crippen LogP contribution is 2.40. The summed E-state index contributed by atoms with van der Waals surface area (Å²) in [6, 6.07) is -7.33. The molecule has 654 valence electrons. The lowest BCUT2D eigenvalue weighted by molar-refractivity contribution is -0.379. The monoisotopic (exact) mass is 1660 g/mol. The predicted octanol–water partition coefficient (Wildman–Crippen LogP) is -19.8. The molecule has 0 aromatic heterocycles. The maximum atomic E-state index is 13.0. The van der Waals surface area contributed by atoms with E-state index in [0.29, 0.717) is 0 Å². The molecule has 7 aliphatic heterocycles. The van der Waals surface area contributed by atoms with Gasteiger partial charge >= 0.3 is 11.9 Å². The van der Waals surface area contributed by atoms with Gasteiger partial charge in [-0.15, -0.1) is 0 Å². The lowest BCUT2D eigenvalue weighted by Crippen LogP contribution is -2.70. The fourth-order valence-corrected chi connectivity index (χ4v) is 13.8. The number of nitrogens with one attached hydrogen (secondary N) is 4. The molecule has 7 aliphatic rings. The summed E-state index contributed by atoms with van der Waals surface area (Å²) in [5.74, 6) is -13.9. The molecule has 4 amide bonds. The van der Waals surface area contributed by atoms with Crippen molar-refractivity contribution >= 4 is 35.6 Å². The third kappa shape index (κ3) is 22.0. The van der Waals surface area contributed by atoms with Crippen LogP contribution < -0.4 is 21.3 Å². The van der Waals surface area contributed by atoms with Crippen molar-refractivity contribution in [2.24, 2.45) is 0 Å². The van der Waals surface area contributed by atoms with Gasteiger partial charge < -0.3 is 225 Å². The molecule has 0 spiro atoms. The molecule has 0 radical (unpaired) electrons. The van der Waals surface area contributed by atoms with Gasteiger partial charge in [-0.2, -0.15) is 0 Å². The average molecular weight is 1660 g/mol. The molecule has 0 aromatic carbocycles. The Morgan fingerprint density at radius 3 is 1.10 bits per heavy atom. The molecule has 41 atom stereocenters. The number of ether oxygens (including phenoxy) is 14. The molecule has 113 heavy (non-hydrogen) atoms. The molecule has 51 heteroatoms. The van der Waals surface area contributed by atoms with Gasteiger partial charge in [-0.3, -0.25) is 19.2 Å². The van der Waals surface area contributed by atoms with E-state index in [-0.39, 0.29) is 0 Å². The van der Waals surface area contributed by atoms with Crippen LogP contribution in [0.2, 0.25) is 0 Å². The molecular weight excluding hydrogens is 1550 g/mol. The Morgan fingerprint density at radius 1 is 0.381 bits per heavy atom. The molecule has 51 nitrogen and oxygen atoms in total. The van der Waals surface area contributed by atoms with Gasteiger partial charge in [-0.1, -0.05) is 0 Å². The highest BCUT2D eigenvalue weighted by molar-refractivity contribution is 5.77. The average Bonchev–Trinajstić information content (AvgIpc) is 0.766. The van der Waals surface area contributed by atoms with Crippen LogP contribution in [0.1, 0.15) is 40.5 Å². The van der Waals surface area contributed by atoms with E-state index in [1.807, 2.05) is 0 Å². The fraction of sp³-hybridized carbons (Fsp3) is 0.903. The van der Waals surface area contributed by atoms with E-state index >= 15 is 0 Å². The number of amides is 4. The lowest BCUT2D eigenvalue weighted by Gasteiger charge is -2.50. The molecule has 7 saturated heterocycles. The first-order valence-electron chi connectivity index (χ1n) is 35.3. The SMILES string of the molecule is CC(=O)N[C@H]1[C@H](OC[C@H]2O[C@@H](O[C@@H]([C@H](O)[C@@H](O)CO)[C@H](O)CO)[C@H](O)[C@@H](O[C@@H]3O[C@H](CO)[C@@H](O[C@@H]4O[C@H](CO[C@]5(C(=O)O)C[C@H](O)[C@@H](NC(C)=O)[C@H]([C@H](O)[C@H](O)CO)O5)[C@H](O)[C@H](O)[C@H]4O)[C@H](O)[C@H]3NC(C)=O)[C@H]2O)O[C@H](CO)[C@@H](O[C@@H]2O[C@H](CO[C@]3(C(=O)O)C[C@H](O)[C@@H](NC(C)=O)[C@H]([C@H](O)[C@H](O)CO)O3)[C@H](O)[C@H](O)[C@H]2O)[C@@H]1O. The van der Waals surface area contributed by atoms with Crippen LogP contribution in [0.4, 0.5) is 0 Å². The quantitative estimate of drug-likeness (QED) is 0.0277. The van der Waals surface area contributed by atoms with Gasteiger partial charge in [0.2, 0.25) is 23.6 Å². The Hall–Kier alpha value is -4.74. The first-order valence-corrected chi connectivity index (χ1v) is 35.3. The summed E-state index contributed by atoms with van der Waals surface area (Å²) >= 11 is 0. The zero-order valence-electron chi connectivity index (χ0n) is 60.5. The van der Waals surface area contributed by atoms with Gasteiger partial charge in [0.05, 0.1) is 83.8 Å². The summed E-state index contributed by atoms with van der Waals surface area (Å²) in [5, 5.41) is 303. The van der Waals surface area contributed by atoms with E-state index in [9.17, 15) is 167 Å². The second-order valence-corrected chi connectivity index (χ2v) is 28.0. The molecule has 31 N–H and O–H groups in total. The number of aliphatic hydroxyl groups excluding tert-OH is 25. The van der Waals surface area contributed by atoms with Crippen LogP contribution in [-0.2, 0) is 95.1 Å². The molecule has 7 heterocycles. The minimum atomic E-state index is -3.08. The van der Waals surface area contributed by atoms with Crippen LogP contribution in [0, 0.1) is 0 Å². The standard InChI is InChI=1S/C62H104N4O47/c1-16(73)63-31-20(77)5-61(59(96)97,112-51(31)36(84)23(80)8-68)101-14-29-38(86)43(91)45(93)56(106-29)109-49-26(11-71)103-54(33(41(49)89)65-18(3)75)100-13-28-40(88)53(47(95)58(105-28)108-48(25(82)10-70)35(83)22(79)7-67)111-55-34(66-19(4)76)42(90)50(27(12-72)104-55)110-57-46(94)44(92)39(87)30(107-57)15-102-62(60(98)99)6-21(78)32(64-17(2)74)52(113-62)37(85)24(81)9-69/h20-58,67-72,77-95H,5-15H2,1-4H3,(H,63,73)(H,64,74)(H,65,75)(H,66,76)(H,96,97)(H,98,99)/t20-,21-,22-,23+,24+,25+,26+,27+,28+,29+,30+,31+,32+,33+,34+,35+,36+,37+,38-,39-,40-,41+,42+,43-,44-,45+,46+,47+,48+,49+,50+,51+,52+,53-,54+,55-,56-,57-,58-,61+,62+/m0/s1. The van der Waals surface area contributed by atoms with Gasteiger partial charge in [0.25, 0.3) is 11.6 Å². The molecule has 7 rings (SSSR count). The van der Waals surface area contributed by atoms with Crippen LogP contribution in [0.15, 0.2) is 0 Å². The summed E-state index contributed by atoms with van der Waals surface area (Å²) in [4.78, 5) is 75.9. The zero-order valence-corrected chi connectivity index (χ0v) is 60.5. The Labute approximate surface area is 638 Å². The van der Waals surface area contributed by atoms with E-state index in [1.165, 1.54) is 0 Å². The van der Waals surface area contributed by atoms with Crippen LogP contribution in [0.25, 0.3) is 0 Å². The minimum Gasteiger partial charge on any atom is -0.477 e. The van der Waals surface area contributed by atoms with Crippen molar-refractivity contribution in [1.29, 1.82) is 0 Å². The molecular formula is C62H104N4O47. The summed E-state index contributed by atoms with van der Waals surface area (Å²) in [7, 11) is 0. The number of rotatable bonds is 36. The Bertz CT molecular complexity index is 3060. The number of carbonyl (C=O) groups excluding carboxylic acids is 4. The van der Waals surface area contributed by atoms with Crippen molar-refractivity contribution in [3.8, 4) is 0 Å². The third-order valence-corrected chi connectivity index (χ3v) is 19.8. The zero-order chi connectivity index (χ0) is 84.5. The minimum absolute atomic E-state index is 0.834. The summed E-state index contributed by atoms with van der Waals surface area (Å²) in [6.45, 7) is -7.14. The van der Waals surface area contributed by atoms with Gasteiger partial charge in [0.1, 0.15) is 183 Å². The van der Waals surface area contributed by atoms with E-state index in [0.717, 1.165) is 27.7 Å². The summed E-state index contributed by atoms with van der Waals surface area (Å²) < 4.78 is 81.0. The molecule has 7 fully saturated rings. The van der Waals surface area contributed by atoms with Gasteiger partial charge in [-0.25, -0.2) is 9.59 Å². The molecule has 0 unspecified atom stereocenters. The Kier molecular flexibility index (Phi) is 34.9. The topological polar surface area (TPSA) is 826 Å². The van der Waals surface area contributed by atoms with Gasteiger partial charge in [0.15, 0.2) is 31.5 Å². The third-order valence-electron chi connectivity index (χ3n) is 19.8. The first-order chi connectivity index (χ1) is 53.0. The van der Waals surface area contributed by atoms with E-state index in [1.54, 1.807) is 0 Å². The largest absolute Gasteiger partial charge is 0.477 e. The van der Waals surface area contributed by atoms with Crippen molar-refractivity contribution in [3.63, 3.8) is 0 Å².